The van der Waals surface area contributed by atoms with Gasteiger partial charge in [0, 0.05) is 18.9 Å². The van der Waals surface area contributed by atoms with Crippen molar-refractivity contribution >= 4 is 23.0 Å². The predicted octanol–water partition coefficient (Wildman–Crippen LogP) is 3.12. The first-order chi connectivity index (χ1) is 11.3. The quantitative estimate of drug-likeness (QED) is 0.777. The predicted molar refractivity (Wildman–Crippen MR) is 93.9 cm³/mol. The zero-order valence-corrected chi connectivity index (χ0v) is 14.5. The summed E-state index contributed by atoms with van der Waals surface area (Å²) >= 11 is 1.78. The molecule has 1 aliphatic carbocycles. The summed E-state index contributed by atoms with van der Waals surface area (Å²) in [5.41, 5.74) is 2.61. The minimum Gasteiger partial charge on any atom is -0.303 e. The van der Waals surface area contributed by atoms with Gasteiger partial charge in [-0.3, -0.25) is 4.79 Å². The number of aryl methyl sites for hydroxylation is 1. The van der Waals surface area contributed by atoms with E-state index in [1.807, 2.05) is 0 Å². The Bertz CT molecular complexity index is 603. The number of amides is 1. The van der Waals surface area contributed by atoms with Gasteiger partial charge in [-0.25, -0.2) is 5.01 Å². The van der Waals surface area contributed by atoms with Crippen molar-refractivity contribution in [1.29, 1.82) is 0 Å². The second-order valence-corrected chi connectivity index (χ2v) is 7.89. The fraction of sp³-hybridized carbons (Fsp3) is 0.667. The molecule has 3 aliphatic rings. The third-order valence-electron chi connectivity index (χ3n) is 5.36. The number of hydrogen-bond acceptors (Lipinski definition) is 4. The van der Waals surface area contributed by atoms with Crippen LogP contribution in [-0.4, -0.2) is 47.7 Å². The van der Waals surface area contributed by atoms with Crippen molar-refractivity contribution in [2.45, 2.75) is 44.9 Å². The van der Waals surface area contributed by atoms with Crippen molar-refractivity contribution in [1.82, 2.24) is 9.91 Å². The molecule has 5 heteroatoms. The van der Waals surface area contributed by atoms with Gasteiger partial charge in [0.05, 0.1) is 10.6 Å². The van der Waals surface area contributed by atoms with Gasteiger partial charge < -0.3 is 4.90 Å². The molecular formula is C18H25N3OS. The summed E-state index contributed by atoms with van der Waals surface area (Å²) in [5.74, 6) is 0.578. The molecule has 1 aromatic heterocycles. The Morgan fingerprint density at radius 2 is 2.04 bits per heavy atom. The van der Waals surface area contributed by atoms with Crippen LogP contribution in [0.3, 0.4) is 0 Å². The summed E-state index contributed by atoms with van der Waals surface area (Å²) in [6.45, 7) is 4.47. The van der Waals surface area contributed by atoms with E-state index in [2.05, 4.69) is 16.3 Å². The maximum absolute atomic E-state index is 12.4. The first-order valence-electron chi connectivity index (χ1n) is 8.99. The second kappa shape index (κ2) is 6.73. The average Bonchev–Trinajstić information content (AvgIpc) is 3.23. The summed E-state index contributed by atoms with van der Waals surface area (Å²) in [7, 11) is 0. The minimum absolute atomic E-state index is 0.222. The second-order valence-electron chi connectivity index (χ2n) is 6.97. The van der Waals surface area contributed by atoms with Gasteiger partial charge in [0.2, 0.25) is 5.91 Å². The number of carbonyl (C=O) groups is 1. The first kappa shape index (κ1) is 15.3. The van der Waals surface area contributed by atoms with Crippen LogP contribution in [0.2, 0.25) is 0 Å². The Hall–Kier alpha value is -1.20. The van der Waals surface area contributed by atoms with E-state index >= 15 is 0 Å². The SMILES string of the molecule is O=C1CC2CCc3ccsc3C2=NN1CCCCN1CCCC1. The monoisotopic (exact) mass is 331 g/mol. The highest BCUT2D eigenvalue weighted by Gasteiger charge is 2.34. The van der Waals surface area contributed by atoms with Crippen LogP contribution in [0.5, 0.6) is 0 Å². The molecule has 1 fully saturated rings. The molecule has 124 valence electrons. The van der Waals surface area contributed by atoms with Crippen molar-refractivity contribution in [3.8, 4) is 0 Å². The first-order valence-corrected chi connectivity index (χ1v) is 9.87. The van der Waals surface area contributed by atoms with Crippen LogP contribution < -0.4 is 0 Å². The summed E-state index contributed by atoms with van der Waals surface area (Å²) in [5, 5.41) is 8.68. The molecule has 0 N–H and O–H groups in total. The van der Waals surface area contributed by atoms with Gasteiger partial charge >= 0.3 is 0 Å². The van der Waals surface area contributed by atoms with Crippen LogP contribution >= 0.6 is 11.3 Å². The zero-order valence-electron chi connectivity index (χ0n) is 13.7. The molecule has 2 aliphatic heterocycles. The van der Waals surface area contributed by atoms with Crippen LogP contribution in [0.25, 0.3) is 0 Å². The molecule has 4 rings (SSSR count). The van der Waals surface area contributed by atoms with Gasteiger partial charge in [0.15, 0.2) is 0 Å². The van der Waals surface area contributed by atoms with Crippen LogP contribution in [0.1, 0.15) is 49.0 Å². The van der Waals surface area contributed by atoms with E-state index in [0.717, 1.165) is 25.8 Å². The van der Waals surface area contributed by atoms with Gasteiger partial charge in [-0.15, -0.1) is 11.3 Å². The van der Waals surface area contributed by atoms with Crippen molar-refractivity contribution in [3.05, 3.63) is 21.9 Å². The number of fused-ring (bicyclic) bond motifs is 3. The number of nitrogens with zero attached hydrogens (tertiary/aromatic N) is 3. The van der Waals surface area contributed by atoms with Gasteiger partial charge in [-0.05, 0) is 75.2 Å². The van der Waals surface area contributed by atoms with Gasteiger partial charge in [-0.1, -0.05) is 0 Å². The van der Waals surface area contributed by atoms with Crippen LogP contribution in [0, 0.1) is 5.92 Å². The third-order valence-corrected chi connectivity index (χ3v) is 6.34. The number of carbonyl (C=O) groups excluding carboxylic acids is 1. The Kier molecular flexibility index (Phi) is 4.49. The maximum atomic E-state index is 12.4. The van der Waals surface area contributed by atoms with E-state index in [-0.39, 0.29) is 5.91 Å². The normalized spacial score (nSPS) is 24.5. The topological polar surface area (TPSA) is 35.9 Å². The van der Waals surface area contributed by atoms with Gasteiger partial charge in [-0.2, -0.15) is 5.10 Å². The molecule has 0 aromatic carbocycles. The van der Waals surface area contributed by atoms with Gasteiger partial charge in [0.1, 0.15) is 0 Å². The molecular weight excluding hydrogens is 306 g/mol. The lowest BCUT2D eigenvalue weighted by atomic mass is 9.84. The Balaban J connectivity index is 1.37. The van der Waals surface area contributed by atoms with Crippen molar-refractivity contribution in [2.24, 2.45) is 11.0 Å². The van der Waals surface area contributed by atoms with Gasteiger partial charge in [0.25, 0.3) is 0 Å². The van der Waals surface area contributed by atoms with E-state index < -0.39 is 0 Å². The van der Waals surface area contributed by atoms with Crippen molar-refractivity contribution in [3.63, 3.8) is 0 Å². The number of hydrazone groups is 1. The highest BCUT2D eigenvalue weighted by atomic mass is 32.1. The van der Waals surface area contributed by atoms with E-state index in [4.69, 9.17) is 5.10 Å². The smallest absolute Gasteiger partial charge is 0.243 e. The fourth-order valence-corrected chi connectivity index (χ4v) is 5.03. The summed E-state index contributed by atoms with van der Waals surface area (Å²) in [6.07, 6.45) is 7.76. The molecule has 0 radical (unpaired) electrons. The summed E-state index contributed by atoms with van der Waals surface area (Å²) in [4.78, 5) is 16.2. The molecule has 1 atom stereocenters. The Morgan fingerprint density at radius 3 is 2.91 bits per heavy atom. The van der Waals surface area contributed by atoms with E-state index in [9.17, 15) is 4.79 Å². The highest BCUT2D eigenvalue weighted by molar-refractivity contribution is 7.12. The molecule has 3 heterocycles. The van der Waals surface area contributed by atoms with E-state index in [1.54, 1.807) is 16.3 Å². The lowest BCUT2D eigenvalue weighted by Crippen LogP contribution is -2.39. The molecule has 1 amide bonds. The Labute approximate surface area is 142 Å². The fourth-order valence-electron chi connectivity index (χ4n) is 4.01. The number of hydrogen-bond donors (Lipinski definition) is 0. The summed E-state index contributed by atoms with van der Waals surface area (Å²) in [6, 6.07) is 2.22. The van der Waals surface area contributed by atoms with Crippen LogP contribution in [0.4, 0.5) is 0 Å². The molecule has 1 saturated heterocycles. The molecule has 4 nitrogen and oxygen atoms in total. The number of rotatable bonds is 5. The van der Waals surface area contributed by atoms with E-state index in [1.165, 1.54) is 55.0 Å². The molecule has 0 saturated carbocycles. The minimum atomic E-state index is 0.222. The lowest BCUT2D eigenvalue weighted by Gasteiger charge is -2.32. The molecule has 0 bridgehead atoms. The summed E-state index contributed by atoms with van der Waals surface area (Å²) < 4.78 is 0. The molecule has 23 heavy (non-hydrogen) atoms. The van der Waals surface area contributed by atoms with E-state index in [0.29, 0.717) is 12.3 Å². The number of thiophene rings is 1. The van der Waals surface area contributed by atoms with Crippen LogP contribution in [0.15, 0.2) is 16.5 Å². The average molecular weight is 331 g/mol. The van der Waals surface area contributed by atoms with Crippen LogP contribution in [-0.2, 0) is 11.2 Å². The largest absolute Gasteiger partial charge is 0.303 e. The Morgan fingerprint density at radius 1 is 1.22 bits per heavy atom. The molecule has 1 aromatic rings. The maximum Gasteiger partial charge on any atom is 0.243 e. The standard InChI is InChI=1S/C18H25N3OS/c22-16-13-15-6-5-14-7-12-23-18(14)17(15)19-21(16)11-4-3-10-20-8-1-2-9-20/h7,12,15H,1-6,8-11,13H2. The third kappa shape index (κ3) is 3.22. The molecule has 1 unspecified atom stereocenters. The lowest BCUT2D eigenvalue weighted by molar-refractivity contribution is -0.132. The number of likely N-dealkylation sites (tertiary alicyclic amines) is 1. The van der Waals surface area contributed by atoms with Crippen molar-refractivity contribution in [2.75, 3.05) is 26.2 Å². The van der Waals surface area contributed by atoms with Crippen molar-refractivity contribution < 1.29 is 4.79 Å². The zero-order chi connectivity index (χ0) is 15.6. The molecule has 0 spiro atoms. The number of unbranched alkanes of at least 4 members (excludes halogenated alkanes) is 1. The highest BCUT2D eigenvalue weighted by Crippen LogP contribution is 2.34.